The molecule has 0 atom stereocenters. The highest BCUT2D eigenvalue weighted by Crippen LogP contribution is 2.25. The van der Waals surface area contributed by atoms with Gasteiger partial charge in [-0.15, -0.1) is 23.1 Å². The molecule has 19 heavy (non-hydrogen) atoms. The minimum atomic E-state index is -0.913. The molecule has 1 amide bonds. The van der Waals surface area contributed by atoms with E-state index in [1.807, 2.05) is 0 Å². The fourth-order valence-electron chi connectivity index (χ4n) is 2.17. The van der Waals surface area contributed by atoms with E-state index >= 15 is 0 Å². The predicted octanol–water partition coefficient (Wildman–Crippen LogP) is 2.99. The number of carboxylic acids is 1. The van der Waals surface area contributed by atoms with Crippen molar-refractivity contribution in [2.45, 2.75) is 43.0 Å². The Kier molecular flexibility index (Phi) is 5.27. The molecular formula is C13H17NO3S2. The van der Waals surface area contributed by atoms with E-state index < -0.39 is 5.97 Å². The molecule has 104 valence electrons. The van der Waals surface area contributed by atoms with E-state index in [1.165, 1.54) is 42.4 Å². The van der Waals surface area contributed by atoms with Gasteiger partial charge in [-0.3, -0.25) is 4.79 Å². The predicted molar refractivity (Wildman–Crippen MR) is 77.0 cm³/mol. The van der Waals surface area contributed by atoms with E-state index in [2.05, 4.69) is 5.32 Å². The fourth-order valence-corrected chi connectivity index (χ4v) is 3.85. The molecular weight excluding hydrogens is 282 g/mol. The number of hydrogen-bond donors (Lipinski definition) is 2. The molecule has 4 nitrogen and oxygen atoms in total. The first-order valence-corrected chi connectivity index (χ1v) is 8.25. The third-order valence-corrected chi connectivity index (χ3v) is 5.17. The van der Waals surface area contributed by atoms with Crippen molar-refractivity contribution in [3.05, 3.63) is 16.3 Å². The minimum absolute atomic E-state index is 0.0416. The summed E-state index contributed by atoms with van der Waals surface area (Å²) in [7, 11) is 0. The topological polar surface area (TPSA) is 66.4 Å². The van der Waals surface area contributed by atoms with Crippen LogP contribution in [-0.2, 0) is 4.79 Å². The van der Waals surface area contributed by atoms with Crippen LogP contribution in [0, 0.1) is 0 Å². The standard InChI is InChI=1S/C13H17NO3S2/c15-12(14-9-4-2-1-3-5-9)8-18-10-6-11(13(16)17)19-7-10/h6-7,9H,1-5,8H2,(H,14,15)(H,16,17). The van der Waals surface area contributed by atoms with Crippen molar-refractivity contribution in [1.29, 1.82) is 0 Å². The van der Waals surface area contributed by atoms with Crippen LogP contribution >= 0.6 is 23.1 Å². The molecule has 0 unspecified atom stereocenters. The zero-order valence-corrected chi connectivity index (χ0v) is 12.2. The molecule has 0 radical (unpaired) electrons. The average Bonchev–Trinajstić information content (AvgIpc) is 2.86. The number of amides is 1. The van der Waals surface area contributed by atoms with Crippen molar-refractivity contribution in [2.75, 3.05) is 5.75 Å². The van der Waals surface area contributed by atoms with Crippen LogP contribution in [0.1, 0.15) is 41.8 Å². The quantitative estimate of drug-likeness (QED) is 0.820. The first-order valence-electron chi connectivity index (χ1n) is 6.39. The third-order valence-electron chi connectivity index (χ3n) is 3.13. The summed E-state index contributed by atoms with van der Waals surface area (Å²) in [6.45, 7) is 0. The molecule has 1 aliphatic rings. The first kappa shape index (κ1) is 14.4. The molecule has 1 aliphatic carbocycles. The number of nitrogens with one attached hydrogen (secondary N) is 1. The molecule has 0 aliphatic heterocycles. The highest BCUT2D eigenvalue weighted by molar-refractivity contribution is 8.00. The van der Waals surface area contributed by atoms with Crippen molar-refractivity contribution < 1.29 is 14.7 Å². The minimum Gasteiger partial charge on any atom is -0.477 e. The molecule has 0 spiro atoms. The normalized spacial score (nSPS) is 16.2. The maximum Gasteiger partial charge on any atom is 0.345 e. The first-order chi connectivity index (χ1) is 9.15. The lowest BCUT2D eigenvalue weighted by atomic mass is 9.95. The highest BCUT2D eigenvalue weighted by Gasteiger charge is 2.16. The van der Waals surface area contributed by atoms with E-state index in [1.54, 1.807) is 11.4 Å². The lowest BCUT2D eigenvalue weighted by Gasteiger charge is -2.22. The van der Waals surface area contributed by atoms with Crippen LogP contribution in [0.5, 0.6) is 0 Å². The smallest absolute Gasteiger partial charge is 0.345 e. The van der Waals surface area contributed by atoms with Gasteiger partial charge in [-0.1, -0.05) is 19.3 Å². The number of carbonyl (C=O) groups is 2. The number of carbonyl (C=O) groups excluding carboxylic acids is 1. The van der Waals surface area contributed by atoms with E-state index in [9.17, 15) is 9.59 Å². The lowest BCUT2D eigenvalue weighted by Crippen LogP contribution is -2.37. The number of hydrogen-bond acceptors (Lipinski definition) is 4. The van der Waals surface area contributed by atoms with Crippen molar-refractivity contribution in [2.24, 2.45) is 0 Å². The Morgan fingerprint density at radius 2 is 2.11 bits per heavy atom. The van der Waals surface area contributed by atoms with Crippen LogP contribution < -0.4 is 5.32 Å². The van der Waals surface area contributed by atoms with E-state index in [0.29, 0.717) is 16.7 Å². The summed E-state index contributed by atoms with van der Waals surface area (Å²) in [6.07, 6.45) is 5.83. The largest absolute Gasteiger partial charge is 0.477 e. The third kappa shape index (κ3) is 4.54. The van der Waals surface area contributed by atoms with Crippen molar-refractivity contribution in [3.63, 3.8) is 0 Å². The zero-order chi connectivity index (χ0) is 13.7. The molecule has 6 heteroatoms. The van der Waals surface area contributed by atoms with Crippen molar-refractivity contribution >= 4 is 35.0 Å². The van der Waals surface area contributed by atoms with Crippen LogP contribution in [0.3, 0.4) is 0 Å². The Morgan fingerprint density at radius 1 is 1.37 bits per heavy atom. The zero-order valence-electron chi connectivity index (χ0n) is 10.6. The van der Waals surface area contributed by atoms with E-state index in [4.69, 9.17) is 5.11 Å². The summed E-state index contributed by atoms with van der Waals surface area (Å²) in [5.41, 5.74) is 0. The summed E-state index contributed by atoms with van der Waals surface area (Å²) < 4.78 is 0. The summed E-state index contributed by atoms with van der Waals surface area (Å²) in [6, 6.07) is 1.95. The van der Waals surface area contributed by atoms with Crippen LogP contribution in [0.2, 0.25) is 0 Å². The summed E-state index contributed by atoms with van der Waals surface area (Å²) in [5.74, 6) is -0.518. The van der Waals surface area contributed by atoms with Gasteiger partial charge in [-0.25, -0.2) is 4.79 Å². The molecule has 0 bridgehead atoms. The number of thioether (sulfide) groups is 1. The molecule has 0 aromatic carbocycles. The summed E-state index contributed by atoms with van der Waals surface area (Å²) >= 11 is 2.58. The fraction of sp³-hybridized carbons (Fsp3) is 0.538. The van der Waals surface area contributed by atoms with E-state index in [-0.39, 0.29) is 5.91 Å². The molecule has 1 saturated carbocycles. The van der Waals surface area contributed by atoms with Gasteiger partial charge in [-0.05, 0) is 18.9 Å². The summed E-state index contributed by atoms with van der Waals surface area (Å²) in [5, 5.41) is 13.6. The second-order valence-corrected chi connectivity index (χ2v) is 6.60. The SMILES string of the molecule is O=C(CSc1csc(C(=O)O)c1)NC1CCCCC1. The van der Waals surface area contributed by atoms with Gasteiger partial charge in [0.05, 0.1) is 5.75 Å². The molecule has 1 fully saturated rings. The average molecular weight is 299 g/mol. The Bertz CT molecular complexity index is 452. The van der Waals surface area contributed by atoms with Crippen molar-refractivity contribution in [3.8, 4) is 0 Å². The molecule has 1 aromatic heterocycles. The molecule has 2 N–H and O–H groups in total. The van der Waals surface area contributed by atoms with Gasteiger partial charge in [0.15, 0.2) is 0 Å². The number of carboxylic acid groups (broad SMARTS) is 1. The monoisotopic (exact) mass is 299 g/mol. The van der Waals surface area contributed by atoms with Crippen LogP contribution in [-0.4, -0.2) is 28.8 Å². The van der Waals surface area contributed by atoms with Gasteiger partial charge in [-0.2, -0.15) is 0 Å². The van der Waals surface area contributed by atoms with Crippen LogP contribution in [0.4, 0.5) is 0 Å². The van der Waals surface area contributed by atoms with Gasteiger partial charge in [0.2, 0.25) is 5.91 Å². The maximum absolute atomic E-state index is 11.8. The van der Waals surface area contributed by atoms with Gasteiger partial charge in [0.1, 0.15) is 4.88 Å². The second kappa shape index (κ2) is 6.96. The van der Waals surface area contributed by atoms with Gasteiger partial charge in [0.25, 0.3) is 0 Å². The van der Waals surface area contributed by atoms with Crippen molar-refractivity contribution in [1.82, 2.24) is 5.32 Å². The summed E-state index contributed by atoms with van der Waals surface area (Å²) in [4.78, 5) is 23.7. The molecule has 2 rings (SSSR count). The molecule has 1 heterocycles. The van der Waals surface area contributed by atoms with Gasteiger partial charge in [0, 0.05) is 16.3 Å². The number of thiophene rings is 1. The van der Waals surface area contributed by atoms with E-state index in [0.717, 1.165) is 17.7 Å². The van der Waals surface area contributed by atoms with Crippen LogP contribution in [0.25, 0.3) is 0 Å². The number of aromatic carboxylic acids is 1. The van der Waals surface area contributed by atoms with Gasteiger partial charge < -0.3 is 10.4 Å². The molecule has 1 aromatic rings. The second-order valence-electron chi connectivity index (χ2n) is 4.64. The Labute approximate surface area is 120 Å². The number of rotatable bonds is 5. The van der Waals surface area contributed by atoms with Gasteiger partial charge >= 0.3 is 5.97 Å². The Morgan fingerprint density at radius 3 is 2.74 bits per heavy atom. The van der Waals surface area contributed by atoms with Crippen LogP contribution in [0.15, 0.2) is 16.3 Å². The lowest BCUT2D eigenvalue weighted by molar-refractivity contribution is -0.119. The molecule has 0 saturated heterocycles. The highest BCUT2D eigenvalue weighted by atomic mass is 32.2. The Hall–Kier alpha value is -1.01. The Balaban J connectivity index is 1.74. The maximum atomic E-state index is 11.8.